The molecule has 1 rings (SSSR count). The molecule has 0 fully saturated rings. The van der Waals surface area contributed by atoms with E-state index in [1.807, 2.05) is 0 Å². The van der Waals surface area contributed by atoms with Crippen LogP contribution in [-0.2, 0) is 9.22 Å². The van der Waals surface area contributed by atoms with Crippen molar-refractivity contribution in [1.82, 2.24) is 0 Å². The van der Waals surface area contributed by atoms with Gasteiger partial charge in [0.1, 0.15) is 6.29 Å². The zero-order chi connectivity index (χ0) is 8.81. The molecule has 0 aliphatic carbocycles. The van der Waals surface area contributed by atoms with Crippen LogP contribution in [0.5, 0.6) is 0 Å². The van der Waals surface area contributed by atoms with Crippen molar-refractivity contribution in [3.05, 3.63) is 29.8 Å². The summed E-state index contributed by atoms with van der Waals surface area (Å²) in [6.45, 7) is 0. The molecule has 0 spiro atoms. The topological polar surface area (TPSA) is 35.5 Å². The average molecular weight is 184 g/mol. The zero-order valence-corrected chi connectivity index (χ0v) is 7.34. The van der Waals surface area contributed by atoms with E-state index < -0.39 is 0 Å². The predicted molar refractivity (Wildman–Crippen MR) is 45.8 cm³/mol. The van der Waals surface area contributed by atoms with Gasteiger partial charge in [-0.3, -0.25) is 4.79 Å². The highest BCUT2D eigenvalue weighted by Crippen LogP contribution is 2.18. The van der Waals surface area contributed by atoms with Crippen molar-refractivity contribution in [2.24, 2.45) is 0 Å². The third-order valence-electron chi connectivity index (χ3n) is 1.21. The van der Waals surface area contributed by atoms with Gasteiger partial charge >= 0.3 is 0 Å². The number of hydrogen-bond acceptors (Lipinski definition) is 4. The van der Waals surface area contributed by atoms with Gasteiger partial charge in [-0.15, -0.1) is 0 Å². The Morgan fingerprint density at radius 1 is 1.33 bits per heavy atom. The Morgan fingerprint density at radius 2 is 2.00 bits per heavy atom. The van der Waals surface area contributed by atoms with E-state index in [1.165, 1.54) is 7.11 Å². The van der Waals surface area contributed by atoms with Gasteiger partial charge in [0.25, 0.3) is 0 Å². The van der Waals surface area contributed by atoms with Gasteiger partial charge in [0.2, 0.25) is 0 Å². The van der Waals surface area contributed by atoms with Gasteiger partial charge < -0.3 is 0 Å². The van der Waals surface area contributed by atoms with E-state index in [1.54, 1.807) is 24.3 Å². The summed E-state index contributed by atoms with van der Waals surface area (Å²) in [6.07, 6.45) is 0.797. The molecule has 1 aromatic carbocycles. The second-order valence-corrected chi connectivity index (χ2v) is 2.78. The van der Waals surface area contributed by atoms with Crippen LogP contribution >= 0.6 is 12.0 Å². The molecule has 0 heterocycles. The average Bonchev–Trinajstić information content (AvgIpc) is 2.15. The molecule has 1 aromatic rings. The number of benzene rings is 1. The lowest BCUT2D eigenvalue weighted by Gasteiger charge is -1.97. The zero-order valence-electron chi connectivity index (χ0n) is 6.52. The minimum absolute atomic E-state index is 0.650. The maximum absolute atomic E-state index is 10.3. The van der Waals surface area contributed by atoms with Gasteiger partial charge in [0, 0.05) is 10.5 Å². The Kier molecular flexibility index (Phi) is 3.79. The van der Waals surface area contributed by atoms with Crippen LogP contribution in [0, 0.1) is 0 Å². The van der Waals surface area contributed by atoms with Crippen LogP contribution in [0.4, 0.5) is 0 Å². The van der Waals surface area contributed by atoms with E-state index in [0.717, 1.165) is 23.2 Å². The van der Waals surface area contributed by atoms with Gasteiger partial charge in [-0.05, 0) is 12.1 Å². The van der Waals surface area contributed by atoms with E-state index in [0.29, 0.717) is 5.56 Å². The summed E-state index contributed by atoms with van der Waals surface area (Å²) in [5.74, 6) is 0. The van der Waals surface area contributed by atoms with Crippen LogP contribution in [0.15, 0.2) is 29.2 Å². The second kappa shape index (κ2) is 4.92. The van der Waals surface area contributed by atoms with E-state index in [-0.39, 0.29) is 0 Å². The minimum atomic E-state index is 0.650. The van der Waals surface area contributed by atoms with Gasteiger partial charge in [0.15, 0.2) is 0 Å². The molecule has 0 amide bonds. The second-order valence-electron chi connectivity index (χ2n) is 2.00. The number of carbonyl (C=O) groups is 1. The monoisotopic (exact) mass is 184 g/mol. The molecule has 0 saturated carbocycles. The van der Waals surface area contributed by atoms with Crippen LogP contribution in [0.3, 0.4) is 0 Å². The Balaban J connectivity index is 2.58. The fraction of sp³-hybridized carbons (Fsp3) is 0.125. The lowest BCUT2D eigenvalue weighted by atomic mass is 10.2. The molecule has 12 heavy (non-hydrogen) atoms. The Labute approximate surface area is 74.8 Å². The molecular weight excluding hydrogens is 176 g/mol. The molecule has 0 saturated heterocycles. The van der Waals surface area contributed by atoms with Crippen LogP contribution in [0.25, 0.3) is 0 Å². The normalized spacial score (nSPS) is 9.75. The highest BCUT2D eigenvalue weighted by molar-refractivity contribution is 7.94. The first-order chi connectivity index (χ1) is 5.86. The first-order valence-electron chi connectivity index (χ1n) is 3.29. The molecule has 0 N–H and O–H groups in total. The number of hydrogen-bond donors (Lipinski definition) is 0. The Bertz CT molecular complexity index is 245. The van der Waals surface area contributed by atoms with E-state index >= 15 is 0 Å². The minimum Gasteiger partial charge on any atom is -0.298 e. The fourth-order valence-corrected chi connectivity index (χ4v) is 1.07. The van der Waals surface area contributed by atoms with Gasteiger partial charge in [-0.25, -0.2) is 4.89 Å². The van der Waals surface area contributed by atoms with Crippen molar-refractivity contribution in [1.29, 1.82) is 0 Å². The van der Waals surface area contributed by atoms with Crippen LogP contribution in [0.2, 0.25) is 0 Å². The van der Waals surface area contributed by atoms with Gasteiger partial charge in [-0.2, -0.15) is 4.33 Å². The molecule has 0 aliphatic rings. The third kappa shape index (κ3) is 2.65. The molecule has 3 nitrogen and oxygen atoms in total. The lowest BCUT2D eigenvalue weighted by molar-refractivity contribution is -0.160. The molecule has 0 radical (unpaired) electrons. The van der Waals surface area contributed by atoms with Crippen LogP contribution in [-0.4, -0.2) is 13.4 Å². The lowest BCUT2D eigenvalue weighted by Crippen LogP contribution is -1.80. The number of rotatable bonds is 4. The molecule has 4 heteroatoms. The fourth-order valence-electron chi connectivity index (χ4n) is 0.675. The van der Waals surface area contributed by atoms with Gasteiger partial charge in [0.05, 0.1) is 19.2 Å². The standard InChI is InChI=1S/C8H8O3S/c1-10-11-12-8-4-2-7(6-9)3-5-8/h2-6H,1H3. The van der Waals surface area contributed by atoms with Crippen LogP contribution < -0.4 is 0 Å². The summed E-state index contributed by atoms with van der Waals surface area (Å²) in [5, 5.41) is 0. The SMILES string of the molecule is COOSc1ccc(C=O)cc1. The van der Waals surface area contributed by atoms with Crippen molar-refractivity contribution < 1.29 is 14.0 Å². The van der Waals surface area contributed by atoms with Crippen LogP contribution in [0.1, 0.15) is 10.4 Å². The molecular formula is C8H8O3S. The van der Waals surface area contributed by atoms with E-state index in [4.69, 9.17) is 0 Å². The summed E-state index contributed by atoms with van der Waals surface area (Å²) in [7, 11) is 1.44. The Morgan fingerprint density at radius 3 is 2.50 bits per heavy atom. The highest BCUT2D eigenvalue weighted by Gasteiger charge is 1.94. The van der Waals surface area contributed by atoms with E-state index in [2.05, 4.69) is 9.22 Å². The summed E-state index contributed by atoms with van der Waals surface area (Å²) in [6, 6.07) is 7.00. The molecule has 64 valence electrons. The molecule has 0 aliphatic heterocycles. The van der Waals surface area contributed by atoms with Crippen molar-refractivity contribution in [2.45, 2.75) is 4.90 Å². The summed E-state index contributed by atoms with van der Waals surface area (Å²) >= 11 is 1.10. The molecule has 0 unspecified atom stereocenters. The Hall–Kier alpha value is -0.840. The summed E-state index contributed by atoms with van der Waals surface area (Å²) in [5.41, 5.74) is 0.650. The number of carbonyl (C=O) groups excluding carboxylic acids is 1. The van der Waals surface area contributed by atoms with Crippen molar-refractivity contribution >= 4 is 18.3 Å². The maximum atomic E-state index is 10.3. The summed E-state index contributed by atoms with van der Waals surface area (Å²) < 4.78 is 4.62. The molecule has 0 atom stereocenters. The largest absolute Gasteiger partial charge is 0.298 e. The van der Waals surface area contributed by atoms with Crippen molar-refractivity contribution in [2.75, 3.05) is 7.11 Å². The highest BCUT2D eigenvalue weighted by atomic mass is 32.2. The maximum Gasteiger partial charge on any atom is 0.150 e. The molecule has 0 bridgehead atoms. The first kappa shape index (κ1) is 9.25. The third-order valence-corrected chi connectivity index (χ3v) is 1.88. The number of aldehydes is 1. The smallest absolute Gasteiger partial charge is 0.150 e. The first-order valence-corrected chi connectivity index (χ1v) is 4.03. The summed E-state index contributed by atoms with van der Waals surface area (Å²) in [4.78, 5) is 15.6. The quantitative estimate of drug-likeness (QED) is 0.310. The van der Waals surface area contributed by atoms with Crippen molar-refractivity contribution in [3.63, 3.8) is 0 Å². The van der Waals surface area contributed by atoms with Crippen molar-refractivity contribution in [3.8, 4) is 0 Å². The van der Waals surface area contributed by atoms with Gasteiger partial charge in [-0.1, -0.05) is 12.1 Å². The predicted octanol–water partition coefficient (Wildman–Crippen LogP) is 2.08. The molecule has 0 aromatic heterocycles. The van der Waals surface area contributed by atoms with E-state index in [9.17, 15) is 4.79 Å².